The predicted octanol–water partition coefficient (Wildman–Crippen LogP) is 2.20. The van der Waals surface area contributed by atoms with Crippen molar-refractivity contribution in [3.63, 3.8) is 0 Å². The lowest BCUT2D eigenvalue weighted by molar-refractivity contribution is -0.123. The van der Waals surface area contributed by atoms with Crippen molar-refractivity contribution in [2.45, 2.75) is 13.3 Å². The second-order valence-corrected chi connectivity index (χ2v) is 5.32. The highest BCUT2D eigenvalue weighted by Crippen LogP contribution is 2.28. The Hall–Kier alpha value is -2.76. The van der Waals surface area contributed by atoms with E-state index < -0.39 is 0 Å². The highest BCUT2D eigenvalue weighted by atomic mass is 16.5. The molecule has 6 heteroatoms. The maximum Gasteiger partial charge on any atom is 0.257 e. The Kier molecular flexibility index (Phi) is 6.42. The van der Waals surface area contributed by atoms with E-state index in [0.717, 1.165) is 17.5 Å². The molecule has 6 nitrogen and oxygen atoms in total. The van der Waals surface area contributed by atoms with E-state index in [1.54, 1.807) is 24.1 Å². The molecule has 1 N–H and O–H groups in total. The van der Waals surface area contributed by atoms with Crippen LogP contribution in [0.2, 0.25) is 0 Å². The SMILES string of the molecule is C/C=C\c1ccc(OCC(=O)NCCc2cnn(C)c2)c(OC)c1. The Bertz CT molecular complexity index is 707. The van der Waals surface area contributed by atoms with Gasteiger partial charge in [-0.2, -0.15) is 5.10 Å². The smallest absolute Gasteiger partial charge is 0.257 e. The standard InChI is InChI=1S/C18H23N3O3/c1-4-5-14-6-7-16(17(10-14)23-3)24-13-18(22)19-9-8-15-11-20-21(2)12-15/h4-7,10-12H,8-9,13H2,1-3H3,(H,19,22)/b5-4-. The molecule has 0 radical (unpaired) electrons. The molecule has 0 bridgehead atoms. The van der Waals surface area contributed by atoms with Crippen molar-refractivity contribution < 1.29 is 14.3 Å². The lowest BCUT2D eigenvalue weighted by atomic mass is 10.2. The quantitative estimate of drug-likeness (QED) is 0.806. The molecule has 0 aliphatic rings. The Morgan fingerprint density at radius 1 is 1.38 bits per heavy atom. The molecule has 1 aromatic carbocycles. The van der Waals surface area contributed by atoms with Gasteiger partial charge in [-0.1, -0.05) is 18.2 Å². The number of nitrogens with one attached hydrogen (secondary N) is 1. The van der Waals surface area contributed by atoms with Gasteiger partial charge in [-0.15, -0.1) is 0 Å². The van der Waals surface area contributed by atoms with Crippen molar-refractivity contribution in [3.8, 4) is 11.5 Å². The summed E-state index contributed by atoms with van der Waals surface area (Å²) >= 11 is 0. The third-order valence-corrected chi connectivity index (χ3v) is 3.40. The fraction of sp³-hybridized carbons (Fsp3) is 0.333. The first-order valence-electron chi connectivity index (χ1n) is 7.80. The molecule has 0 fully saturated rings. The first-order valence-corrected chi connectivity index (χ1v) is 7.80. The maximum atomic E-state index is 11.9. The number of hydrogen-bond acceptors (Lipinski definition) is 4. The maximum absolute atomic E-state index is 11.9. The van der Waals surface area contributed by atoms with Gasteiger partial charge >= 0.3 is 0 Å². The summed E-state index contributed by atoms with van der Waals surface area (Å²) in [5.41, 5.74) is 2.10. The van der Waals surface area contributed by atoms with Gasteiger partial charge < -0.3 is 14.8 Å². The minimum Gasteiger partial charge on any atom is -0.493 e. The van der Waals surface area contributed by atoms with Crippen molar-refractivity contribution in [3.05, 3.63) is 47.8 Å². The van der Waals surface area contributed by atoms with E-state index in [1.807, 2.05) is 44.5 Å². The molecule has 2 aromatic rings. The highest BCUT2D eigenvalue weighted by molar-refractivity contribution is 5.77. The van der Waals surface area contributed by atoms with Gasteiger partial charge in [-0.3, -0.25) is 9.48 Å². The first kappa shape index (κ1) is 17.6. The molecule has 0 unspecified atom stereocenters. The number of carbonyl (C=O) groups excluding carboxylic acids is 1. The zero-order valence-corrected chi connectivity index (χ0v) is 14.3. The minimum absolute atomic E-state index is 0.0492. The molecule has 1 aromatic heterocycles. The van der Waals surface area contributed by atoms with Crippen LogP contribution in [0, 0.1) is 0 Å². The van der Waals surface area contributed by atoms with Crippen LogP contribution in [0.4, 0.5) is 0 Å². The largest absolute Gasteiger partial charge is 0.493 e. The molecule has 0 saturated carbocycles. The Balaban J connectivity index is 1.80. The topological polar surface area (TPSA) is 65.4 Å². The molecule has 1 amide bonds. The summed E-state index contributed by atoms with van der Waals surface area (Å²) in [7, 11) is 3.44. The van der Waals surface area contributed by atoms with Crippen molar-refractivity contribution >= 4 is 12.0 Å². The van der Waals surface area contributed by atoms with Crippen LogP contribution < -0.4 is 14.8 Å². The van der Waals surface area contributed by atoms with Crippen LogP contribution in [0.5, 0.6) is 11.5 Å². The Morgan fingerprint density at radius 2 is 2.21 bits per heavy atom. The highest BCUT2D eigenvalue weighted by Gasteiger charge is 2.08. The number of allylic oxidation sites excluding steroid dienone is 1. The summed E-state index contributed by atoms with van der Waals surface area (Å²) < 4.78 is 12.6. The fourth-order valence-corrected chi connectivity index (χ4v) is 2.24. The summed E-state index contributed by atoms with van der Waals surface area (Å²) in [5, 5.41) is 6.92. The van der Waals surface area contributed by atoms with E-state index in [4.69, 9.17) is 9.47 Å². The summed E-state index contributed by atoms with van der Waals surface area (Å²) in [5.74, 6) is 0.986. The predicted molar refractivity (Wildman–Crippen MR) is 93.1 cm³/mol. The van der Waals surface area contributed by atoms with Crippen LogP contribution in [0.15, 0.2) is 36.7 Å². The number of aryl methyl sites for hydroxylation is 1. The summed E-state index contributed by atoms with van der Waals surface area (Å²) in [6.07, 6.45) is 8.38. The van der Waals surface area contributed by atoms with Gasteiger partial charge in [-0.05, 0) is 36.6 Å². The number of carbonyl (C=O) groups is 1. The van der Waals surface area contributed by atoms with Crippen LogP contribution in [-0.2, 0) is 18.3 Å². The Labute approximate surface area is 142 Å². The van der Waals surface area contributed by atoms with Gasteiger partial charge in [0.05, 0.1) is 13.3 Å². The zero-order chi connectivity index (χ0) is 17.4. The molecular formula is C18H23N3O3. The van der Waals surface area contributed by atoms with Crippen molar-refractivity contribution in [2.24, 2.45) is 7.05 Å². The van der Waals surface area contributed by atoms with Gasteiger partial charge in [-0.25, -0.2) is 0 Å². The van der Waals surface area contributed by atoms with E-state index in [1.165, 1.54) is 0 Å². The number of benzene rings is 1. The van der Waals surface area contributed by atoms with E-state index in [-0.39, 0.29) is 12.5 Å². The average molecular weight is 329 g/mol. The van der Waals surface area contributed by atoms with Gasteiger partial charge in [0.25, 0.3) is 5.91 Å². The Morgan fingerprint density at radius 3 is 2.88 bits per heavy atom. The van der Waals surface area contributed by atoms with Crippen LogP contribution >= 0.6 is 0 Å². The average Bonchev–Trinajstić information content (AvgIpc) is 2.99. The second-order valence-electron chi connectivity index (χ2n) is 5.32. The number of nitrogens with zero attached hydrogens (tertiary/aromatic N) is 2. The number of hydrogen-bond donors (Lipinski definition) is 1. The zero-order valence-electron chi connectivity index (χ0n) is 14.3. The minimum atomic E-state index is -0.168. The number of methoxy groups -OCH3 is 1. The van der Waals surface area contributed by atoms with Gasteiger partial charge in [0.2, 0.25) is 0 Å². The lowest BCUT2D eigenvalue weighted by Crippen LogP contribution is -2.30. The van der Waals surface area contributed by atoms with E-state index >= 15 is 0 Å². The molecule has 0 saturated heterocycles. The van der Waals surface area contributed by atoms with Crippen LogP contribution in [0.25, 0.3) is 6.08 Å². The molecule has 0 spiro atoms. The summed E-state index contributed by atoms with van der Waals surface area (Å²) in [6, 6.07) is 5.59. The molecule has 0 atom stereocenters. The van der Waals surface area contributed by atoms with Crippen molar-refractivity contribution in [1.29, 1.82) is 0 Å². The molecule has 128 valence electrons. The van der Waals surface area contributed by atoms with Gasteiger partial charge in [0.15, 0.2) is 18.1 Å². The van der Waals surface area contributed by atoms with Crippen molar-refractivity contribution in [1.82, 2.24) is 15.1 Å². The van der Waals surface area contributed by atoms with Crippen LogP contribution in [0.3, 0.4) is 0 Å². The first-order chi connectivity index (χ1) is 11.6. The molecule has 2 rings (SSSR count). The molecule has 24 heavy (non-hydrogen) atoms. The van der Waals surface area contributed by atoms with E-state index in [9.17, 15) is 4.79 Å². The van der Waals surface area contributed by atoms with E-state index in [0.29, 0.717) is 18.0 Å². The molecule has 0 aliphatic heterocycles. The lowest BCUT2D eigenvalue weighted by Gasteiger charge is -2.11. The number of rotatable bonds is 8. The van der Waals surface area contributed by atoms with Crippen molar-refractivity contribution in [2.75, 3.05) is 20.3 Å². The number of aromatic nitrogens is 2. The number of ether oxygens (including phenoxy) is 2. The third-order valence-electron chi connectivity index (χ3n) is 3.40. The molecule has 0 aliphatic carbocycles. The van der Waals surface area contributed by atoms with E-state index in [2.05, 4.69) is 10.4 Å². The second kappa shape index (κ2) is 8.76. The molecule has 1 heterocycles. The van der Waals surface area contributed by atoms with Gasteiger partial charge in [0.1, 0.15) is 0 Å². The number of amides is 1. The third kappa shape index (κ3) is 5.15. The fourth-order valence-electron chi connectivity index (χ4n) is 2.24. The summed E-state index contributed by atoms with van der Waals surface area (Å²) in [6.45, 7) is 2.45. The summed E-state index contributed by atoms with van der Waals surface area (Å²) in [4.78, 5) is 11.9. The normalized spacial score (nSPS) is 10.8. The van der Waals surface area contributed by atoms with Crippen LogP contribution in [0.1, 0.15) is 18.1 Å². The monoisotopic (exact) mass is 329 g/mol. The van der Waals surface area contributed by atoms with Gasteiger partial charge in [0, 0.05) is 19.8 Å². The van der Waals surface area contributed by atoms with Crippen LogP contribution in [-0.4, -0.2) is 35.9 Å². The molecular weight excluding hydrogens is 306 g/mol.